The van der Waals surface area contributed by atoms with Gasteiger partial charge in [-0.05, 0) is 24.3 Å². The average Bonchev–Trinajstić information content (AvgIpc) is 2.61. The van der Waals surface area contributed by atoms with Crippen LogP contribution in [0, 0.1) is 0 Å². The van der Waals surface area contributed by atoms with E-state index < -0.39 is 10.0 Å². The number of primary sulfonamides is 1. The van der Waals surface area contributed by atoms with Crippen molar-refractivity contribution in [3.05, 3.63) is 79.3 Å². The fourth-order valence-corrected chi connectivity index (χ4v) is 3.12. The molecule has 4 aromatic rings. The maximum Gasteiger partial charge on any atom is 0.238 e. The molecule has 2 N–H and O–H groups in total. The first-order valence-electron chi connectivity index (χ1n) is 7.21. The first-order valence-corrected chi connectivity index (χ1v) is 8.76. The molecule has 5 nitrogen and oxygen atoms in total. The van der Waals surface area contributed by atoms with Crippen molar-refractivity contribution >= 4 is 31.7 Å². The van der Waals surface area contributed by atoms with E-state index in [1.165, 1.54) is 17.6 Å². The van der Waals surface area contributed by atoms with Crippen LogP contribution in [-0.2, 0) is 10.0 Å². The minimum Gasteiger partial charge on any atom is -0.264 e. The molecule has 2 aromatic heterocycles. The molecule has 0 bridgehead atoms. The third-order valence-electron chi connectivity index (χ3n) is 3.46. The van der Waals surface area contributed by atoms with Gasteiger partial charge in [-0.25, -0.2) is 13.6 Å². The van der Waals surface area contributed by atoms with E-state index in [0.29, 0.717) is 5.39 Å². The van der Waals surface area contributed by atoms with Crippen molar-refractivity contribution in [3.8, 4) is 0 Å². The molecule has 0 spiro atoms. The van der Waals surface area contributed by atoms with Crippen LogP contribution in [0.1, 0.15) is 0 Å². The largest absolute Gasteiger partial charge is 0.264 e. The molecule has 0 amide bonds. The number of sulfonamides is 1. The summed E-state index contributed by atoms with van der Waals surface area (Å²) in [6.45, 7) is 0. The van der Waals surface area contributed by atoms with Crippen LogP contribution in [0.5, 0.6) is 0 Å². The minimum atomic E-state index is -3.66. The van der Waals surface area contributed by atoms with Crippen molar-refractivity contribution in [2.45, 2.75) is 4.90 Å². The van der Waals surface area contributed by atoms with E-state index in [4.69, 9.17) is 5.14 Å². The van der Waals surface area contributed by atoms with Gasteiger partial charge in [-0.1, -0.05) is 36.4 Å². The molecule has 0 fully saturated rings. The first-order chi connectivity index (χ1) is 11.6. The number of nitrogens with two attached hydrogens (primary N) is 1. The van der Waals surface area contributed by atoms with Gasteiger partial charge in [0.1, 0.15) is 0 Å². The number of hydrogen-bond donors (Lipinski definition) is 1. The summed E-state index contributed by atoms with van der Waals surface area (Å²) in [6.07, 6.45) is 4.95. The molecule has 2 heterocycles. The smallest absolute Gasteiger partial charge is 0.238 e. The van der Waals surface area contributed by atoms with E-state index in [1.54, 1.807) is 24.4 Å². The Balaban J connectivity index is 0.000000149. The fraction of sp³-hybridized carbons (Fsp3) is 0. The van der Waals surface area contributed by atoms with Crippen molar-refractivity contribution in [1.82, 2.24) is 9.97 Å². The summed E-state index contributed by atoms with van der Waals surface area (Å²) in [5, 5.41) is 7.64. The topological polar surface area (TPSA) is 85.9 Å². The summed E-state index contributed by atoms with van der Waals surface area (Å²) >= 11 is 0. The summed E-state index contributed by atoms with van der Waals surface area (Å²) in [5.74, 6) is 0. The number of para-hydroxylation sites is 1. The molecule has 4 rings (SSSR count). The molecule has 24 heavy (non-hydrogen) atoms. The highest BCUT2D eigenvalue weighted by atomic mass is 32.2. The second kappa shape index (κ2) is 6.74. The lowest BCUT2D eigenvalue weighted by Crippen LogP contribution is -2.12. The lowest BCUT2D eigenvalue weighted by atomic mass is 10.2. The highest BCUT2D eigenvalue weighted by Gasteiger charge is 2.10. The molecule has 0 aliphatic carbocycles. The molecule has 120 valence electrons. The van der Waals surface area contributed by atoms with Gasteiger partial charge < -0.3 is 0 Å². The van der Waals surface area contributed by atoms with Crippen LogP contribution in [0.2, 0.25) is 0 Å². The van der Waals surface area contributed by atoms with Crippen molar-refractivity contribution in [3.63, 3.8) is 0 Å². The molecule has 0 unspecified atom stereocenters. The minimum absolute atomic E-state index is 0.136. The Morgan fingerprint density at radius 1 is 0.792 bits per heavy atom. The van der Waals surface area contributed by atoms with Crippen LogP contribution in [0.3, 0.4) is 0 Å². The van der Waals surface area contributed by atoms with Gasteiger partial charge in [-0.2, -0.15) is 0 Å². The number of benzene rings is 2. The zero-order chi connectivity index (χ0) is 17.0. The maximum atomic E-state index is 11.2. The lowest BCUT2D eigenvalue weighted by molar-refractivity contribution is 0.598. The highest BCUT2D eigenvalue weighted by molar-refractivity contribution is 7.89. The van der Waals surface area contributed by atoms with Gasteiger partial charge in [-0.15, -0.1) is 0 Å². The van der Waals surface area contributed by atoms with Gasteiger partial charge in [0.15, 0.2) is 0 Å². The third-order valence-corrected chi connectivity index (χ3v) is 4.43. The quantitative estimate of drug-likeness (QED) is 0.578. The number of rotatable bonds is 1. The van der Waals surface area contributed by atoms with Crippen LogP contribution < -0.4 is 5.14 Å². The zero-order valence-corrected chi connectivity index (χ0v) is 13.5. The molecule has 6 heteroatoms. The lowest BCUT2D eigenvalue weighted by Gasteiger charge is -2.02. The standard InChI is InChI=1S/C9H8N2O2S.C9H7N/c10-14(12,13)9-3-1-2-7-6-11-5-4-8(7)9;1-2-6-9-8(4-1)5-3-7-10-9/h1-6H,(H2,10,12,13);1-7H. The van der Waals surface area contributed by atoms with E-state index in [2.05, 4.69) is 22.1 Å². The second-order valence-electron chi connectivity index (χ2n) is 5.09. The highest BCUT2D eigenvalue weighted by Crippen LogP contribution is 2.20. The molecule has 0 aliphatic rings. The predicted octanol–water partition coefficient (Wildman–Crippen LogP) is 3.12. The summed E-state index contributed by atoms with van der Waals surface area (Å²) in [5.41, 5.74) is 1.06. The number of pyridine rings is 2. The first kappa shape index (κ1) is 16.0. The van der Waals surface area contributed by atoms with Gasteiger partial charge in [0.25, 0.3) is 0 Å². The average molecular weight is 337 g/mol. The normalized spacial score (nSPS) is 11.0. The van der Waals surface area contributed by atoms with E-state index in [0.717, 1.165) is 10.9 Å². The summed E-state index contributed by atoms with van der Waals surface area (Å²) in [6, 6.07) is 18.6. The van der Waals surface area contributed by atoms with Gasteiger partial charge in [0, 0.05) is 34.7 Å². The van der Waals surface area contributed by atoms with Crippen molar-refractivity contribution in [2.24, 2.45) is 5.14 Å². The van der Waals surface area contributed by atoms with Crippen LogP contribution in [0.25, 0.3) is 21.7 Å². The number of hydrogen-bond acceptors (Lipinski definition) is 4. The van der Waals surface area contributed by atoms with Crippen LogP contribution in [0.15, 0.2) is 84.1 Å². The molecule has 0 atom stereocenters. The molecule has 0 radical (unpaired) electrons. The van der Waals surface area contributed by atoms with Gasteiger partial charge in [0.05, 0.1) is 10.4 Å². The van der Waals surface area contributed by atoms with E-state index in [9.17, 15) is 8.42 Å². The SMILES string of the molecule is NS(=O)(=O)c1cccc2cnccc12.c1ccc2ncccc2c1. The molecule has 2 aromatic carbocycles. The number of aromatic nitrogens is 2. The second-order valence-corrected chi connectivity index (χ2v) is 6.62. The maximum absolute atomic E-state index is 11.2. The molecule has 0 saturated carbocycles. The van der Waals surface area contributed by atoms with E-state index in [-0.39, 0.29) is 4.90 Å². The van der Waals surface area contributed by atoms with Crippen LogP contribution >= 0.6 is 0 Å². The number of nitrogens with zero attached hydrogens (tertiary/aromatic N) is 2. The number of fused-ring (bicyclic) bond motifs is 2. The van der Waals surface area contributed by atoms with Crippen LogP contribution in [-0.4, -0.2) is 18.4 Å². The Bertz CT molecular complexity index is 1020. The predicted molar refractivity (Wildman–Crippen MR) is 94.9 cm³/mol. The Labute approximate surface area is 139 Å². The van der Waals surface area contributed by atoms with Crippen molar-refractivity contribution in [1.29, 1.82) is 0 Å². The van der Waals surface area contributed by atoms with Gasteiger partial charge >= 0.3 is 0 Å². The van der Waals surface area contributed by atoms with E-state index >= 15 is 0 Å². The van der Waals surface area contributed by atoms with Crippen molar-refractivity contribution < 1.29 is 8.42 Å². The Kier molecular flexibility index (Phi) is 4.50. The summed E-state index contributed by atoms with van der Waals surface area (Å²) in [4.78, 5) is 8.22. The zero-order valence-electron chi connectivity index (χ0n) is 12.7. The fourth-order valence-electron chi connectivity index (χ4n) is 2.36. The van der Waals surface area contributed by atoms with Gasteiger partial charge in [-0.3, -0.25) is 9.97 Å². The van der Waals surface area contributed by atoms with Crippen molar-refractivity contribution in [2.75, 3.05) is 0 Å². The van der Waals surface area contributed by atoms with Crippen LogP contribution in [0.4, 0.5) is 0 Å². The van der Waals surface area contributed by atoms with Gasteiger partial charge in [0.2, 0.25) is 10.0 Å². The molecule has 0 aliphatic heterocycles. The monoisotopic (exact) mass is 337 g/mol. The summed E-state index contributed by atoms with van der Waals surface area (Å²) in [7, 11) is -3.66. The third kappa shape index (κ3) is 3.56. The molecule has 0 saturated heterocycles. The Hall–Kier alpha value is -2.83. The van der Waals surface area contributed by atoms with E-state index in [1.807, 2.05) is 30.5 Å². The Morgan fingerprint density at radius 3 is 2.33 bits per heavy atom. The molecular formula is C18H15N3O2S. The summed E-state index contributed by atoms with van der Waals surface area (Å²) < 4.78 is 22.4. The Morgan fingerprint density at radius 2 is 1.54 bits per heavy atom. The molecular weight excluding hydrogens is 322 g/mol.